The molecule has 0 aliphatic rings. The van der Waals surface area contributed by atoms with E-state index in [0.717, 1.165) is 44.8 Å². The Morgan fingerprint density at radius 2 is 1.45 bits per heavy atom. The molecule has 0 bridgehead atoms. The number of benzene rings is 4. The SMILES string of the molecule is CCO.CCc1nc(N)[nH+]c(N)c1-c1ccc(Cl)cc1.O.O=C([O-])c1c2ccccc2cc2ccccc12. The number of carbonyl (C=O) groups is 1. The zero-order valence-corrected chi connectivity index (χ0v) is 21.9. The van der Waals surface area contributed by atoms with Gasteiger partial charge < -0.3 is 32.0 Å². The molecule has 8 N–H and O–H groups in total. The summed E-state index contributed by atoms with van der Waals surface area (Å²) < 4.78 is 0. The molecule has 0 aliphatic carbocycles. The van der Waals surface area contributed by atoms with Crippen molar-refractivity contribution >= 4 is 50.9 Å². The molecular weight excluding hydrogens is 504 g/mol. The fraction of sp³-hybridized carbons (Fsp3) is 0.138. The van der Waals surface area contributed by atoms with Crippen LogP contribution in [0, 0.1) is 0 Å². The number of nitrogens with zero attached hydrogens (tertiary/aromatic N) is 1. The molecule has 5 rings (SSSR count). The number of aryl methyl sites for hydroxylation is 1. The number of aromatic amines is 1. The number of carbonyl (C=O) groups excluding carboxylic acids is 1. The Kier molecular flexibility index (Phi) is 11.0. The Bertz CT molecular complexity index is 1470. The van der Waals surface area contributed by atoms with Crippen molar-refractivity contribution in [2.75, 3.05) is 18.1 Å². The molecule has 38 heavy (non-hydrogen) atoms. The van der Waals surface area contributed by atoms with Crippen molar-refractivity contribution in [3.05, 3.63) is 95.1 Å². The van der Waals surface area contributed by atoms with E-state index in [4.69, 9.17) is 28.2 Å². The number of aromatic nitrogens is 2. The highest BCUT2D eigenvalue weighted by Gasteiger charge is 2.16. The minimum Gasteiger partial charge on any atom is -0.545 e. The third kappa shape index (κ3) is 6.95. The van der Waals surface area contributed by atoms with Gasteiger partial charge in [0, 0.05) is 17.2 Å². The number of halogens is 1. The fourth-order valence-electron chi connectivity index (χ4n) is 4.01. The lowest BCUT2D eigenvalue weighted by Gasteiger charge is -2.11. The van der Waals surface area contributed by atoms with Gasteiger partial charge in [-0.1, -0.05) is 79.2 Å². The number of aliphatic hydroxyl groups excluding tert-OH is 1. The number of carboxylic acids is 1. The molecule has 0 amide bonds. The highest BCUT2D eigenvalue weighted by molar-refractivity contribution is 6.30. The molecule has 0 saturated carbocycles. The maximum absolute atomic E-state index is 11.3. The molecule has 0 unspecified atom stereocenters. The number of H-pyrrole nitrogens is 1. The quantitative estimate of drug-likeness (QED) is 0.299. The van der Waals surface area contributed by atoms with Gasteiger partial charge in [-0.05, 0) is 58.7 Å². The average molecular weight is 535 g/mol. The molecule has 9 heteroatoms. The lowest BCUT2D eigenvalue weighted by molar-refractivity contribution is -0.346. The zero-order chi connectivity index (χ0) is 26.9. The highest BCUT2D eigenvalue weighted by atomic mass is 35.5. The lowest BCUT2D eigenvalue weighted by atomic mass is 9.97. The number of anilines is 2. The first-order chi connectivity index (χ1) is 17.8. The Labute approximate surface area is 225 Å². The van der Waals surface area contributed by atoms with Crippen LogP contribution in [0.3, 0.4) is 0 Å². The molecule has 0 atom stereocenters. The van der Waals surface area contributed by atoms with Gasteiger partial charge in [0.15, 0.2) is 0 Å². The summed E-state index contributed by atoms with van der Waals surface area (Å²) >= 11 is 5.86. The van der Waals surface area contributed by atoms with Gasteiger partial charge in [-0.25, -0.2) is 4.98 Å². The summed E-state index contributed by atoms with van der Waals surface area (Å²) in [5, 5.41) is 22.9. The number of rotatable bonds is 3. The Morgan fingerprint density at radius 1 is 0.947 bits per heavy atom. The normalized spacial score (nSPS) is 10.0. The summed E-state index contributed by atoms with van der Waals surface area (Å²) in [5.41, 5.74) is 14.6. The molecule has 0 saturated heterocycles. The summed E-state index contributed by atoms with van der Waals surface area (Å²) in [4.78, 5) is 18.4. The van der Waals surface area contributed by atoms with Crippen molar-refractivity contribution in [3.63, 3.8) is 0 Å². The van der Waals surface area contributed by atoms with Crippen molar-refractivity contribution in [1.29, 1.82) is 0 Å². The van der Waals surface area contributed by atoms with Crippen LogP contribution >= 0.6 is 11.6 Å². The van der Waals surface area contributed by atoms with E-state index in [9.17, 15) is 9.90 Å². The van der Waals surface area contributed by atoms with Crippen molar-refractivity contribution in [3.8, 4) is 11.1 Å². The van der Waals surface area contributed by atoms with Gasteiger partial charge in [0.25, 0.3) is 0 Å². The summed E-state index contributed by atoms with van der Waals surface area (Å²) in [7, 11) is 0. The number of aromatic carboxylic acids is 1. The van der Waals surface area contributed by atoms with Gasteiger partial charge in [0.05, 0.1) is 11.5 Å². The van der Waals surface area contributed by atoms with Crippen LogP contribution in [0.2, 0.25) is 5.02 Å². The van der Waals surface area contributed by atoms with E-state index in [-0.39, 0.29) is 17.6 Å². The van der Waals surface area contributed by atoms with Crippen LogP contribution in [0.25, 0.3) is 32.7 Å². The summed E-state index contributed by atoms with van der Waals surface area (Å²) in [5.74, 6) is -0.272. The van der Waals surface area contributed by atoms with Crippen LogP contribution < -0.4 is 21.6 Å². The van der Waals surface area contributed by atoms with E-state index in [0.29, 0.717) is 16.8 Å². The molecule has 0 radical (unpaired) electrons. The average Bonchev–Trinajstić information content (AvgIpc) is 2.88. The molecular formula is C29H31ClN4O4. The molecule has 0 spiro atoms. The molecule has 1 aromatic heterocycles. The van der Waals surface area contributed by atoms with E-state index in [2.05, 4.69) is 9.97 Å². The third-order valence-electron chi connectivity index (χ3n) is 5.52. The minimum atomic E-state index is -1.13. The molecule has 0 aliphatic heterocycles. The second-order valence-electron chi connectivity index (χ2n) is 8.02. The first-order valence-electron chi connectivity index (χ1n) is 11.8. The molecule has 0 fully saturated rings. The molecule has 4 aromatic carbocycles. The van der Waals surface area contributed by atoms with Gasteiger partial charge >= 0.3 is 5.95 Å². The monoisotopic (exact) mass is 534 g/mol. The first-order valence-corrected chi connectivity index (χ1v) is 12.1. The maximum atomic E-state index is 11.3. The van der Waals surface area contributed by atoms with Crippen molar-refractivity contribution in [1.82, 2.24) is 4.98 Å². The lowest BCUT2D eigenvalue weighted by Crippen LogP contribution is -2.22. The topological polar surface area (TPSA) is 171 Å². The van der Waals surface area contributed by atoms with Crippen molar-refractivity contribution < 1.29 is 25.5 Å². The van der Waals surface area contributed by atoms with Crippen LogP contribution in [-0.4, -0.2) is 28.1 Å². The predicted molar refractivity (Wildman–Crippen MR) is 152 cm³/mol. The van der Waals surface area contributed by atoms with Crippen molar-refractivity contribution in [2.24, 2.45) is 0 Å². The van der Waals surface area contributed by atoms with Gasteiger partial charge in [-0.15, -0.1) is 4.98 Å². The van der Waals surface area contributed by atoms with Crippen LogP contribution in [0.1, 0.15) is 29.9 Å². The Morgan fingerprint density at radius 3 is 1.92 bits per heavy atom. The van der Waals surface area contributed by atoms with Crippen LogP contribution in [0.15, 0.2) is 78.9 Å². The molecule has 8 nitrogen and oxygen atoms in total. The first kappa shape index (κ1) is 30.0. The summed E-state index contributed by atoms with van der Waals surface area (Å²) in [6, 6.07) is 24.4. The van der Waals surface area contributed by atoms with Crippen LogP contribution in [0.4, 0.5) is 11.8 Å². The Balaban J connectivity index is 0.000000236. The zero-order valence-electron chi connectivity index (χ0n) is 21.2. The van der Waals surface area contributed by atoms with Gasteiger partial charge in [0.2, 0.25) is 5.82 Å². The maximum Gasteiger partial charge on any atom is 0.342 e. The molecule has 1 heterocycles. The Hall–Kier alpha value is -4.24. The number of nitrogens with one attached hydrogen (secondary N) is 1. The predicted octanol–water partition coefficient (Wildman–Crippen LogP) is 3.47. The van der Waals surface area contributed by atoms with E-state index in [1.807, 2.05) is 85.8 Å². The van der Waals surface area contributed by atoms with Crippen molar-refractivity contribution in [2.45, 2.75) is 20.3 Å². The van der Waals surface area contributed by atoms with Gasteiger partial charge in [-0.3, -0.25) is 0 Å². The van der Waals surface area contributed by atoms with Gasteiger partial charge in [-0.2, -0.15) is 0 Å². The number of carboxylic acid groups (broad SMARTS) is 1. The number of hydrogen-bond donors (Lipinski definition) is 3. The second kappa shape index (κ2) is 13.9. The van der Waals surface area contributed by atoms with Gasteiger partial charge in [0.1, 0.15) is 5.69 Å². The molecule has 198 valence electrons. The number of aliphatic hydroxyl groups is 1. The second-order valence-corrected chi connectivity index (χ2v) is 8.45. The van der Waals surface area contributed by atoms with E-state index >= 15 is 0 Å². The smallest absolute Gasteiger partial charge is 0.342 e. The van der Waals surface area contributed by atoms with E-state index in [1.54, 1.807) is 6.92 Å². The molecule has 5 aromatic rings. The summed E-state index contributed by atoms with van der Waals surface area (Å²) in [6.07, 6.45) is 0.765. The van der Waals surface area contributed by atoms with Crippen LogP contribution in [-0.2, 0) is 6.42 Å². The fourth-order valence-corrected chi connectivity index (χ4v) is 4.14. The summed E-state index contributed by atoms with van der Waals surface area (Å²) in [6.45, 7) is 3.95. The number of fused-ring (bicyclic) bond motifs is 2. The largest absolute Gasteiger partial charge is 0.545 e. The van der Waals surface area contributed by atoms with E-state index < -0.39 is 5.97 Å². The minimum absolute atomic E-state index is 0. The number of nitrogens with two attached hydrogens (primary N) is 2. The standard InChI is InChI=1S/C15H10O2.C12H13ClN4.C2H6O.H2O/c16-15(17)14-12-7-3-1-5-10(12)9-11-6-2-4-8-13(11)14;1-2-9-10(11(14)17-12(15)16-9)7-3-5-8(13)6-4-7;1-2-3;/h1-9H,(H,16,17);3-6H,2H2,1H3,(H4,14,15,16,17);3H,2H2,1H3;1H2. The third-order valence-corrected chi connectivity index (χ3v) is 5.77. The number of nitrogen functional groups attached to an aromatic ring is 2. The van der Waals surface area contributed by atoms with E-state index in [1.165, 1.54) is 0 Å². The highest BCUT2D eigenvalue weighted by Crippen LogP contribution is 2.29. The van der Waals surface area contributed by atoms with Crippen LogP contribution in [0.5, 0.6) is 0 Å². The number of hydrogen-bond acceptors (Lipinski definition) is 6.